The zero-order valence-corrected chi connectivity index (χ0v) is 18.8. The van der Waals surface area contributed by atoms with Crippen LogP contribution in [0.3, 0.4) is 0 Å². The lowest BCUT2D eigenvalue weighted by atomic mass is 10.1. The van der Waals surface area contributed by atoms with Crippen LogP contribution in [0.5, 0.6) is 5.75 Å². The van der Waals surface area contributed by atoms with Gasteiger partial charge in [-0.05, 0) is 42.5 Å². The standard InChI is InChI=1S/C25H25N5O4/c1-32-16-24(31)28-19-3-2-4-20(14-19)29-25-27-10-7-22(30-25)17-5-6-23(18(13-17)15-26)34-21-8-11-33-12-9-21/h2-7,10,13-14,21H,8-9,11-12,16H2,1H3,(H,28,31)(H,27,29,30). The molecule has 0 unspecified atom stereocenters. The molecule has 1 aliphatic rings. The van der Waals surface area contributed by atoms with E-state index in [0.717, 1.165) is 18.4 Å². The predicted octanol–water partition coefficient (Wildman–Crippen LogP) is 3.90. The number of hydrogen-bond acceptors (Lipinski definition) is 8. The highest BCUT2D eigenvalue weighted by molar-refractivity contribution is 5.92. The first-order chi connectivity index (χ1) is 16.6. The zero-order valence-electron chi connectivity index (χ0n) is 18.8. The first kappa shape index (κ1) is 23.2. The molecule has 2 heterocycles. The van der Waals surface area contributed by atoms with Crippen molar-refractivity contribution >= 4 is 23.2 Å². The van der Waals surface area contributed by atoms with Crippen LogP contribution in [0, 0.1) is 11.3 Å². The van der Waals surface area contributed by atoms with Crippen LogP contribution in [-0.2, 0) is 14.3 Å². The molecule has 9 heteroatoms. The summed E-state index contributed by atoms with van der Waals surface area (Å²) in [5.74, 6) is 0.715. The van der Waals surface area contributed by atoms with E-state index >= 15 is 0 Å². The van der Waals surface area contributed by atoms with E-state index in [4.69, 9.17) is 14.2 Å². The topological polar surface area (TPSA) is 118 Å². The Bertz CT molecular complexity index is 1190. The number of aromatic nitrogens is 2. The molecular weight excluding hydrogens is 434 g/mol. The van der Waals surface area contributed by atoms with Gasteiger partial charge in [0.15, 0.2) is 0 Å². The minimum absolute atomic E-state index is 0.0214. The van der Waals surface area contributed by atoms with Gasteiger partial charge in [0.2, 0.25) is 11.9 Å². The van der Waals surface area contributed by atoms with Crippen LogP contribution in [0.15, 0.2) is 54.7 Å². The molecule has 4 rings (SSSR count). The molecule has 1 aromatic heterocycles. The third-order valence-corrected chi connectivity index (χ3v) is 5.19. The van der Waals surface area contributed by atoms with Crippen molar-refractivity contribution in [3.63, 3.8) is 0 Å². The average molecular weight is 460 g/mol. The lowest BCUT2D eigenvalue weighted by Gasteiger charge is -2.23. The number of nitrogens with zero attached hydrogens (tertiary/aromatic N) is 3. The number of anilines is 3. The van der Waals surface area contributed by atoms with E-state index < -0.39 is 0 Å². The van der Waals surface area contributed by atoms with Gasteiger partial charge in [-0.15, -0.1) is 0 Å². The largest absolute Gasteiger partial charge is 0.489 e. The first-order valence-corrected chi connectivity index (χ1v) is 10.9. The number of carbonyl (C=O) groups is 1. The van der Waals surface area contributed by atoms with E-state index in [2.05, 4.69) is 26.7 Å². The van der Waals surface area contributed by atoms with Gasteiger partial charge in [0, 0.05) is 43.1 Å². The van der Waals surface area contributed by atoms with E-state index in [9.17, 15) is 10.1 Å². The SMILES string of the molecule is COCC(=O)Nc1cccc(Nc2nccc(-c3ccc(OC4CCOCC4)c(C#N)c3)n2)c1. The van der Waals surface area contributed by atoms with Crippen molar-refractivity contribution in [2.75, 3.05) is 37.6 Å². The van der Waals surface area contributed by atoms with Crippen LogP contribution in [0.1, 0.15) is 18.4 Å². The first-order valence-electron chi connectivity index (χ1n) is 10.9. The summed E-state index contributed by atoms with van der Waals surface area (Å²) < 4.78 is 16.2. The molecule has 9 nitrogen and oxygen atoms in total. The van der Waals surface area contributed by atoms with Gasteiger partial charge >= 0.3 is 0 Å². The molecule has 1 saturated heterocycles. The number of hydrogen-bond donors (Lipinski definition) is 2. The summed E-state index contributed by atoms with van der Waals surface area (Å²) in [7, 11) is 1.47. The molecule has 0 radical (unpaired) electrons. The number of nitriles is 1. The smallest absolute Gasteiger partial charge is 0.250 e. The fourth-order valence-corrected chi connectivity index (χ4v) is 3.56. The Morgan fingerprint density at radius 3 is 2.79 bits per heavy atom. The summed E-state index contributed by atoms with van der Waals surface area (Å²) in [6.45, 7) is 1.32. The van der Waals surface area contributed by atoms with Crippen LogP contribution in [0.25, 0.3) is 11.3 Å². The van der Waals surface area contributed by atoms with Crippen LogP contribution >= 0.6 is 0 Å². The maximum Gasteiger partial charge on any atom is 0.250 e. The van der Waals surface area contributed by atoms with Crippen LogP contribution in [-0.4, -0.2) is 48.9 Å². The molecule has 3 aromatic rings. The molecule has 1 fully saturated rings. The second-order valence-electron chi connectivity index (χ2n) is 7.70. The van der Waals surface area contributed by atoms with Gasteiger partial charge < -0.3 is 24.8 Å². The van der Waals surface area contributed by atoms with E-state index in [-0.39, 0.29) is 18.6 Å². The number of methoxy groups -OCH3 is 1. The molecule has 2 N–H and O–H groups in total. The van der Waals surface area contributed by atoms with E-state index in [1.807, 2.05) is 24.3 Å². The number of carbonyl (C=O) groups excluding carboxylic acids is 1. The van der Waals surface area contributed by atoms with E-state index in [0.29, 0.717) is 47.5 Å². The average Bonchev–Trinajstić information content (AvgIpc) is 2.85. The number of amides is 1. The van der Waals surface area contributed by atoms with Crippen molar-refractivity contribution in [1.82, 2.24) is 9.97 Å². The van der Waals surface area contributed by atoms with Gasteiger partial charge in [-0.1, -0.05) is 6.07 Å². The third-order valence-electron chi connectivity index (χ3n) is 5.19. The summed E-state index contributed by atoms with van der Waals surface area (Å²) in [4.78, 5) is 20.6. The number of rotatable bonds is 8. The van der Waals surface area contributed by atoms with Crippen molar-refractivity contribution in [3.05, 3.63) is 60.3 Å². The molecule has 1 amide bonds. The minimum Gasteiger partial charge on any atom is -0.489 e. The fourth-order valence-electron chi connectivity index (χ4n) is 3.56. The molecule has 1 aliphatic heterocycles. The Labute approximate surface area is 197 Å². The number of ether oxygens (including phenoxy) is 3. The normalized spacial score (nSPS) is 13.6. The maximum atomic E-state index is 11.8. The monoisotopic (exact) mass is 459 g/mol. The van der Waals surface area contributed by atoms with E-state index in [1.165, 1.54) is 7.11 Å². The summed E-state index contributed by atoms with van der Waals surface area (Å²) in [6.07, 6.45) is 3.32. The summed E-state index contributed by atoms with van der Waals surface area (Å²) in [5.41, 5.74) is 3.24. The molecule has 0 spiro atoms. The molecule has 0 aliphatic carbocycles. The van der Waals surface area contributed by atoms with Crippen LogP contribution < -0.4 is 15.4 Å². The molecule has 0 atom stereocenters. The zero-order chi connectivity index (χ0) is 23.8. The highest BCUT2D eigenvalue weighted by Crippen LogP contribution is 2.28. The second-order valence-corrected chi connectivity index (χ2v) is 7.70. The Hall–Kier alpha value is -4.00. The number of benzene rings is 2. The van der Waals surface area contributed by atoms with Gasteiger partial charge in [-0.2, -0.15) is 5.26 Å². The summed E-state index contributed by atoms with van der Waals surface area (Å²) in [5, 5.41) is 15.6. The van der Waals surface area contributed by atoms with Crippen LogP contribution in [0.2, 0.25) is 0 Å². The highest BCUT2D eigenvalue weighted by atomic mass is 16.5. The lowest BCUT2D eigenvalue weighted by molar-refractivity contribution is -0.119. The Morgan fingerprint density at radius 1 is 1.18 bits per heavy atom. The lowest BCUT2D eigenvalue weighted by Crippen LogP contribution is -2.26. The fraction of sp³-hybridized carbons (Fsp3) is 0.280. The predicted molar refractivity (Wildman–Crippen MR) is 127 cm³/mol. The molecule has 174 valence electrons. The molecule has 2 aromatic carbocycles. The molecular formula is C25H25N5O4. The van der Waals surface area contributed by atoms with Gasteiger partial charge in [-0.3, -0.25) is 4.79 Å². The van der Waals surface area contributed by atoms with Crippen molar-refractivity contribution in [2.24, 2.45) is 0 Å². The van der Waals surface area contributed by atoms with Crippen molar-refractivity contribution in [1.29, 1.82) is 5.26 Å². The molecule has 0 bridgehead atoms. The highest BCUT2D eigenvalue weighted by Gasteiger charge is 2.17. The van der Waals surface area contributed by atoms with Gasteiger partial charge in [0.25, 0.3) is 0 Å². The maximum absolute atomic E-state index is 11.8. The van der Waals surface area contributed by atoms with Gasteiger partial charge in [-0.25, -0.2) is 9.97 Å². The second kappa shape index (κ2) is 11.2. The van der Waals surface area contributed by atoms with Crippen molar-refractivity contribution in [2.45, 2.75) is 18.9 Å². The quantitative estimate of drug-likeness (QED) is 0.521. The Balaban J connectivity index is 1.49. The Kier molecular flexibility index (Phi) is 7.65. The van der Waals surface area contributed by atoms with E-state index in [1.54, 1.807) is 30.5 Å². The molecule has 34 heavy (non-hydrogen) atoms. The number of nitrogens with one attached hydrogen (secondary N) is 2. The van der Waals surface area contributed by atoms with Crippen molar-refractivity contribution < 1.29 is 19.0 Å². The molecule has 0 saturated carbocycles. The Morgan fingerprint density at radius 2 is 2.00 bits per heavy atom. The van der Waals surface area contributed by atoms with Crippen molar-refractivity contribution in [3.8, 4) is 23.1 Å². The third kappa shape index (κ3) is 6.07. The minimum atomic E-state index is -0.240. The summed E-state index contributed by atoms with van der Waals surface area (Å²) in [6, 6.07) is 16.7. The summed E-state index contributed by atoms with van der Waals surface area (Å²) >= 11 is 0. The van der Waals surface area contributed by atoms with Crippen LogP contribution in [0.4, 0.5) is 17.3 Å². The van der Waals surface area contributed by atoms with Gasteiger partial charge in [0.1, 0.15) is 24.5 Å². The van der Waals surface area contributed by atoms with Gasteiger partial charge in [0.05, 0.1) is 24.5 Å².